The SMILES string of the molecule is CC/C=C/[C@H]1CC[C@H](C)[C@@H]([C@H]2O[C@@H](/C=C/CC)CC[C@@H]2C)O1. The summed E-state index contributed by atoms with van der Waals surface area (Å²) in [5, 5.41) is 0. The minimum atomic E-state index is 0.244. The van der Waals surface area contributed by atoms with E-state index in [-0.39, 0.29) is 24.4 Å². The Morgan fingerprint density at radius 2 is 1.14 bits per heavy atom. The molecule has 0 spiro atoms. The number of allylic oxidation sites excluding steroid dienone is 2. The van der Waals surface area contributed by atoms with Gasteiger partial charge in [0.2, 0.25) is 0 Å². The monoisotopic (exact) mass is 306 g/mol. The first-order valence-electron chi connectivity index (χ1n) is 9.29. The van der Waals surface area contributed by atoms with Crippen molar-refractivity contribution in [2.75, 3.05) is 0 Å². The van der Waals surface area contributed by atoms with Crippen LogP contribution in [-0.4, -0.2) is 24.4 Å². The Labute approximate surface area is 137 Å². The van der Waals surface area contributed by atoms with E-state index in [0.29, 0.717) is 11.8 Å². The van der Waals surface area contributed by atoms with Crippen LogP contribution < -0.4 is 0 Å². The molecule has 6 atom stereocenters. The third-order valence-corrected chi connectivity index (χ3v) is 5.10. The van der Waals surface area contributed by atoms with Gasteiger partial charge in [-0.05, 0) is 50.4 Å². The lowest BCUT2D eigenvalue weighted by Crippen LogP contribution is -2.49. The maximum atomic E-state index is 6.43. The maximum absolute atomic E-state index is 6.43. The van der Waals surface area contributed by atoms with Crippen molar-refractivity contribution in [2.45, 2.75) is 90.6 Å². The van der Waals surface area contributed by atoms with E-state index < -0.39 is 0 Å². The highest BCUT2D eigenvalue weighted by Crippen LogP contribution is 2.36. The molecular weight excluding hydrogens is 272 g/mol. The molecule has 0 bridgehead atoms. The fraction of sp³-hybridized carbons (Fsp3) is 0.800. The summed E-state index contributed by atoms with van der Waals surface area (Å²) in [5.74, 6) is 1.18. The Hall–Kier alpha value is -0.600. The molecule has 2 aliphatic rings. The zero-order chi connectivity index (χ0) is 15.9. The van der Waals surface area contributed by atoms with Crippen LogP contribution in [0, 0.1) is 11.8 Å². The molecule has 0 aromatic heterocycles. The average molecular weight is 306 g/mol. The zero-order valence-electron chi connectivity index (χ0n) is 14.8. The molecule has 2 nitrogen and oxygen atoms in total. The van der Waals surface area contributed by atoms with Crippen LogP contribution in [0.4, 0.5) is 0 Å². The van der Waals surface area contributed by atoms with Crippen molar-refractivity contribution < 1.29 is 9.47 Å². The number of hydrogen-bond donors (Lipinski definition) is 0. The number of ether oxygens (including phenoxy) is 2. The number of rotatable bonds is 5. The molecule has 22 heavy (non-hydrogen) atoms. The molecule has 2 fully saturated rings. The second-order valence-corrected chi connectivity index (χ2v) is 7.06. The van der Waals surface area contributed by atoms with Gasteiger partial charge in [0.05, 0.1) is 24.4 Å². The van der Waals surface area contributed by atoms with Gasteiger partial charge in [-0.1, -0.05) is 52.0 Å². The molecule has 126 valence electrons. The third kappa shape index (κ3) is 4.70. The number of hydrogen-bond acceptors (Lipinski definition) is 2. The average Bonchev–Trinajstić information content (AvgIpc) is 2.53. The van der Waals surface area contributed by atoms with Gasteiger partial charge in [-0.15, -0.1) is 0 Å². The summed E-state index contributed by atoms with van der Waals surface area (Å²) in [6, 6.07) is 0. The van der Waals surface area contributed by atoms with Crippen LogP contribution in [0.2, 0.25) is 0 Å². The van der Waals surface area contributed by atoms with Crippen molar-refractivity contribution >= 4 is 0 Å². The summed E-state index contributed by atoms with van der Waals surface area (Å²) < 4.78 is 12.9. The van der Waals surface area contributed by atoms with Crippen LogP contribution in [0.5, 0.6) is 0 Å². The Morgan fingerprint density at radius 3 is 1.50 bits per heavy atom. The van der Waals surface area contributed by atoms with E-state index in [1.54, 1.807) is 0 Å². The van der Waals surface area contributed by atoms with Crippen LogP contribution in [-0.2, 0) is 9.47 Å². The van der Waals surface area contributed by atoms with E-state index in [1.807, 2.05) is 0 Å². The van der Waals surface area contributed by atoms with Gasteiger partial charge in [-0.2, -0.15) is 0 Å². The molecule has 2 rings (SSSR count). The quantitative estimate of drug-likeness (QED) is 0.643. The van der Waals surface area contributed by atoms with Crippen LogP contribution in [0.3, 0.4) is 0 Å². The summed E-state index contributed by atoms with van der Waals surface area (Å²) in [4.78, 5) is 0. The first kappa shape index (κ1) is 17.7. The summed E-state index contributed by atoms with van der Waals surface area (Å²) >= 11 is 0. The smallest absolute Gasteiger partial charge is 0.0873 e. The molecule has 0 amide bonds. The highest BCUT2D eigenvalue weighted by atomic mass is 16.6. The van der Waals surface area contributed by atoms with Crippen molar-refractivity contribution in [3.63, 3.8) is 0 Å². The Kier molecular flexibility index (Phi) is 7.17. The summed E-state index contributed by atoms with van der Waals surface area (Å²) in [6.45, 7) is 9.00. The minimum Gasteiger partial charge on any atom is -0.368 e. The predicted molar refractivity (Wildman–Crippen MR) is 93.0 cm³/mol. The highest BCUT2D eigenvalue weighted by molar-refractivity contribution is 4.98. The molecule has 2 saturated heterocycles. The topological polar surface area (TPSA) is 18.5 Å². The molecule has 0 aromatic carbocycles. The van der Waals surface area contributed by atoms with Crippen molar-refractivity contribution in [3.8, 4) is 0 Å². The second kappa shape index (κ2) is 8.88. The van der Waals surface area contributed by atoms with Gasteiger partial charge in [0.15, 0.2) is 0 Å². The zero-order valence-corrected chi connectivity index (χ0v) is 14.8. The molecule has 0 aromatic rings. The van der Waals surface area contributed by atoms with Gasteiger partial charge in [-0.25, -0.2) is 0 Å². The first-order chi connectivity index (χ1) is 10.7. The van der Waals surface area contributed by atoms with Gasteiger partial charge >= 0.3 is 0 Å². The Morgan fingerprint density at radius 1 is 0.727 bits per heavy atom. The third-order valence-electron chi connectivity index (χ3n) is 5.10. The summed E-state index contributed by atoms with van der Waals surface area (Å²) in [7, 11) is 0. The molecule has 0 unspecified atom stereocenters. The molecule has 0 saturated carbocycles. The lowest BCUT2D eigenvalue weighted by atomic mass is 9.82. The predicted octanol–water partition coefficient (Wildman–Crippen LogP) is 5.29. The molecule has 0 aliphatic carbocycles. The van der Waals surface area contributed by atoms with Crippen LogP contribution in [0.1, 0.15) is 66.2 Å². The standard InChI is InChI=1S/C20H34O2/c1-5-7-9-17-13-11-15(3)19(21-17)20-16(4)12-14-18(22-20)10-8-6-2/h7-10,15-20H,5-6,11-14H2,1-4H3/b9-7+,10-8+/t15-,16-,17-,18-,19-,20-/m0/s1. The molecule has 0 radical (unpaired) electrons. The van der Waals surface area contributed by atoms with Crippen LogP contribution in [0.25, 0.3) is 0 Å². The van der Waals surface area contributed by atoms with Gasteiger partial charge in [0.25, 0.3) is 0 Å². The van der Waals surface area contributed by atoms with Crippen molar-refractivity contribution in [1.29, 1.82) is 0 Å². The first-order valence-corrected chi connectivity index (χ1v) is 9.29. The van der Waals surface area contributed by atoms with Crippen LogP contribution in [0.15, 0.2) is 24.3 Å². The lowest BCUT2D eigenvalue weighted by Gasteiger charge is -2.44. The lowest BCUT2D eigenvalue weighted by molar-refractivity contribution is -0.176. The van der Waals surface area contributed by atoms with Gasteiger partial charge in [-0.3, -0.25) is 0 Å². The summed E-state index contributed by atoms with van der Waals surface area (Å²) in [5.41, 5.74) is 0. The van der Waals surface area contributed by atoms with E-state index in [0.717, 1.165) is 25.7 Å². The van der Waals surface area contributed by atoms with Crippen LogP contribution >= 0.6 is 0 Å². The molecule has 0 N–H and O–H groups in total. The van der Waals surface area contributed by atoms with E-state index >= 15 is 0 Å². The van der Waals surface area contributed by atoms with Crippen molar-refractivity contribution in [3.05, 3.63) is 24.3 Å². The van der Waals surface area contributed by atoms with Crippen molar-refractivity contribution in [2.24, 2.45) is 11.8 Å². The van der Waals surface area contributed by atoms with E-state index in [9.17, 15) is 0 Å². The van der Waals surface area contributed by atoms with E-state index in [1.165, 1.54) is 12.8 Å². The fourth-order valence-electron chi connectivity index (χ4n) is 3.65. The van der Waals surface area contributed by atoms with E-state index in [4.69, 9.17) is 9.47 Å². The minimum absolute atomic E-state index is 0.244. The van der Waals surface area contributed by atoms with Crippen molar-refractivity contribution in [1.82, 2.24) is 0 Å². The largest absolute Gasteiger partial charge is 0.368 e. The second-order valence-electron chi connectivity index (χ2n) is 7.06. The Balaban J connectivity index is 2.02. The van der Waals surface area contributed by atoms with Gasteiger partial charge < -0.3 is 9.47 Å². The molecular formula is C20H34O2. The molecule has 2 aliphatic heterocycles. The van der Waals surface area contributed by atoms with E-state index in [2.05, 4.69) is 52.0 Å². The van der Waals surface area contributed by atoms with Gasteiger partial charge in [0, 0.05) is 0 Å². The Bertz CT molecular complexity index is 338. The molecule has 2 heteroatoms. The molecule has 2 heterocycles. The fourth-order valence-corrected chi connectivity index (χ4v) is 3.65. The normalized spacial score (nSPS) is 40.5. The van der Waals surface area contributed by atoms with Gasteiger partial charge in [0.1, 0.15) is 0 Å². The summed E-state index contributed by atoms with van der Waals surface area (Å²) in [6.07, 6.45) is 17.0. The maximum Gasteiger partial charge on any atom is 0.0873 e. The highest BCUT2D eigenvalue weighted by Gasteiger charge is 2.39.